The van der Waals surface area contributed by atoms with E-state index in [1.165, 1.54) is 25.1 Å². The lowest BCUT2D eigenvalue weighted by Crippen LogP contribution is -2.31. The number of rotatable bonds is 6. The van der Waals surface area contributed by atoms with Crippen LogP contribution in [0.2, 0.25) is 0 Å². The van der Waals surface area contributed by atoms with E-state index in [2.05, 4.69) is 31.1 Å². The Morgan fingerprint density at radius 1 is 1.38 bits per heavy atom. The zero-order valence-electron chi connectivity index (χ0n) is 10.3. The Kier molecular flexibility index (Phi) is 5.39. The standard InChI is InChI=1S/C13H21FN2/c1-4-6-12(5-2)16-10(3)13-8-7-11(14)9-15-13/h7-10,12,16H,4-6H2,1-3H3. The molecule has 0 aliphatic heterocycles. The van der Waals surface area contributed by atoms with E-state index in [-0.39, 0.29) is 11.9 Å². The molecular formula is C13H21FN2. The van der Waals surface area contributed by atoms with Gasteiger partial charge < -0.3 is 5.32 Å². The normalized spacial score (nSPS) is 14.8. The summed E-state index contributed by atoms with van der Waals surface area (Å²) in [5, 5.41) is 3.52. The van der Waals surface area contributed by atoms with Crippen molar-refractivity contribution in [3.05, 3.63) is 29.8 Å². The molecule has 1 N–H and O–H groups in total. The molecular weight excluding hydrogens is 203 g/mol. The van der Waals surface area contributed by atoms with Crippen LogP contribution in [0.3, 0.4) is 0 Å². The highest BCUT2D eigenvalue weighted by atomic mass is 19.1. The number of halogens is 1. The molecule has 1 heterocycles. The molecule has 1 rings (SSSR count). The molecule has 0 amide bonds. The van der Waals surface area contributed by atoms with Gasteiger partial charge in [-0.1, -0.05) is 20.3 Å². The summed E-state index contributed by atoms with van der Waals surface area (Å²) >= 11 is 0. The summed E-state index contributed by atoms with van der Waals surface area (Å²) in [6.07, 6.45) is 4.73. The maximum Gasteiger partial charge on any atom is 0.141 e. The van der Waals surface area contributed by atoms with Crippen molar-refractivity contribution in [3.63, 3.8) is 0 Å². The van der Waals surface area contributed by atoms with E-state index in [1.54, 1.807) is 6.07 Å². The van der Waals surface area contributed by atoms with Gasteiger partial charge in [0.1, 0.15) is 5.82 Å². The topological polar surface area (TPSA) is 24.9 Å². The average Bonchev–Trinajstić information content (AvgIpc) is 2.29. The predicted molar refractivity (Wildman–Crippen MR) is 64.7 cm³/mol. The second-order valence-electron chi connectivity index (χ2n) is 4.18. The van der Waals surface area contributed by atoms with Crippen molar-refractivity contribution < 1.29 is 4.39 Å². The third-order valence-electron chi connectivity index (χ3n) is 2.81. The molecule has 0 spiro atoms. The predicted octanol–water partition coefficient (Wildman–Crippen LogP) is 3.45. The van der Waals surface area contributed by atoms with E-state index in [4.69, 9.17) is 0 Å². The van der Waals surface area contributed by atoms with Crippen LogP contribution in [-0.4, -0.2) is 11.0 Å². The first kappa shape index (κ1) is 13.1. The van der Waals surface area contributed by atoms with Crippen molar-refractivity contribution in [2.24, 2.45) is 0 Å². The second-order valence-corrected chi connectivity index (χ2v) is 4.18. The van der Waals surface area contributed by atoms with Crippen LogP contribution in [0.25, 0.3) is 0 Å². The third kappa shape index (κ3) is 3.89. The summed E-state index contributed by atoms with van der Waals surface area (Å²) < 4.78 is 12.7. The lowest BCUT2D eigenvalue weighted by molar-refractivity contribution is 0.412. The van der Waals surface area contributed by atoms with E-state index in [0.29, 0.717) is 6.04 Å². The zero-order valence-corrected chi connectivity index (χ0v) is 10.3. The molecule has 0 saturated heterocycles. The lowest BCUT2D eigenvalue weighted by Gasteiger charge is -2.21. The molecule has 2 nitrogen and oxygen atoms in total. The molecule has 2 unspecified atom stereocenters. The third-order valence-corrected chi connectivity index (χ3v) is 2.81. The van der Waals surface area contributed by atoms with Crippen LogP contribution >= 0.6 is 0 Å². The largest absolute Gasteiger partial charge is 0.306 e. The van der Waals surface area contributed by atoms with E-state index in [1.807, 2.05) is 0 Å². The van der Waals surface area contributed by atoms with Gasteiger partial charge in [-0.25, -0.2) is 4.39 Å². The van der Waals surface area contributed by atoms with Crippen molar-refractivity contribution in [2.75, 3.05) is 0 Å². The Morgan fingerprint density at radius 3 is 2.62 bits per heavy atom. The Balaban J connectivity index is 2.56. The summed E-state index contributed by atoms with van der Waals surface area (Å²) in [6.45, 7) is 6.43. The molecule has 0 fully saturated rings. The Bertz CT molecular complexity index is 297. The zero-order chi connectivity index (χ0) is 12.0. The second kappa shape index (κ2) is 6.59. The number of pyridine rings is 1. The smallest absolute Gasteiger partial charge is 0.141 e. The van der Waals surface area contributed by atoms with Crippen LogP contribution in [0.4, 0.5) is 4.39 Å². The number of hydrogen-bond donors (Lipinski definition) is 1. The molecule has 0 saturated carbocycles. The van der Waals surface area contributed by atoms with E-state index < -0.39 is 0 Å². The van der Waals surface area contributed by atoms with Gasteiger partial charge in [0.15, 0.2) is 0 Å². The maximum atomic E-state index is 12.7. The molecule has 0 aromatic carbocycles. The van der Waals surface area contributed by atoms with Gasteiger partial charge in [-0.15, -0.1) is 0 Å². The molecule has 1 aromatic heterocycles. The fourth-order valence-corrected chi connectivity index (χ4v) is 1.84. The summed E-state index contributed by atoms with van der Waals surface area (Å²) in [5.74, 6) is -0.281. The number of hydrogen-bond acceptors (Lipinski definition) is 2. The van der Waals surface area contributed by atoms with Gasteiger partial charge in [0, 0.05) is 12.1 Å². The van der Waals surface area contributed by atoms with Crippen molar-refractivity contribution >= 4 is 0 Å². The van der Waals surface area contributed by atoms with Gasteiger partial charge in [-0.3, -0.25) is 4.98 Å². The van der Waals surface area contributed by atoms with Crippen LogP contribution in [-0.2, 0) is 0 Å². The van der Waals surface area contributed by atoms with Gasteiger partial charge in [0.25, 0.3) is 0 Å². The Labute approximate surface area is 97.3 Å². The maximum absolute atomic E-state index is 12.7. The summed E-state index contributed by atoms with van der Waals surface area (Å²) in [6, 6.07) is 3.90. The van der Waals surface area contributed by atoms with Crippen LogP contribution in [0, 0.1) is 5.82 Å². The van der Waals surface area contributed by atoms with Gasteiger partial charge >= 0.3 is 0 Å². The number of nitrogens with zero attached hydrogens (tertiary/aromatic N) is 1. The van der Waals surface area contributed by atoms with E-state index in [9.17, 15) is 4.39 Å². The van der Waals surface area contributed by atoms with E-state index in [0.717, 1.165) is 12.1 Å². The van der Waals surface area contributed by atoms with Gasteiger partial charge in [-0.05, 0) is 31.9 Å². The van der Waals surface area contributed by atoms with Crippen molar-refractivity contribution in [1.29, 1.82) is 0 Å². The molecule has 0 aliphatic rings. The highest BCUT2D eigenvalue weighted by Gasteiger charge is 2.11. The molecule has 2 atom stereocenters. The van der Waals surface area contributed by atoms with Crippen molar-refractivity contribution in [3.8, 4) is 0 Å². The number of nitrogens with one attached hydrogen (secondary N) is 1. The highest BCUT2D eigenvalue weighted by molar-refractivity contribution is 5.09. The molecule has 0 aliphatic carbocycles. The molecule has 16 heavy (non-hydrogen) atoms. The first-order chi connectivity index (χ1) is 7.67. The SMILES string of the molecule is CCCC(CC)NC(C)c1ccc(F)cn1. The monoisotopic (exact) mass is 224 g/mol. The fourth-order valence-electron chi connectivity index (χ4n) is 1.84. The minimum absolute atomic E-state index is 0.178. The van der Waals surface area contributed by atoms with Crippen LogP contribution < -0.4 is 5.32 Å². The fraction of sp³-hybridized carbons (Fsp3) is 0.615. The molecule has 3 heteroatoms. The summed E-state index contributed by atoms with van der Waals surface area (Å²) in [5.41, 5.74) is 0.899. The minimum Gasteiger partial charge on any atom is -0.306 e. The van der Waals surface area contributed by atoms with Gasteiger partial charge in [-0.2, -0.15) is 0 Å². The molecule has 0 radical (unpaired) electrons. The van der Waals surface area contributed by atoms with Gasteiger partial charge in [0.05, 0.1) is 11.9 Å². The molecule has 90 valence electrons. The molecule has 1 aromatic rings. The highest BCUT2D eigenvalue weighted by Crippen LogP contribution is 2.13. The van der Waals surface area contributed by atoms with Crippen LogP contribution in [0.15, 0.2) is 18.3 Å². The Morgan fingerprint density at radius 2 is 2.12 bits per heavy atom. The van der Waals surface area contributed by atoms with Crippen LogP contribution in [0.5, 0.6) is 0 Å². The summed E-state index contributed by atoms with van der Waals surface area (Å²) in [7, 11) is 0. The van der Waals surface area contributed by atoms with Crippen molar-refractivity contribution in [2.45, 2.75) is 52.1 Å². The summed E-state index contributed by atoms with van der Waals surface area (Å²) in [4.78, 5) is 4.09. The average molecular weight is 224 g/mol. The van der Waals surface area contributed by atoms with Gasteiger partial charge in [0.2, 0.25) is 0 Å². The first-order valence-electron chi connectivity index (χ1n) is 6.04. The lowest BCUT2D eigenvalue weighted by atomic mass is 10.1. The Hall–Kier alpha value is -0.960. The van der Waals surface area contributed by atoms with Crippen molar-refractivity contribution in [1.82, 2.24) is 10.3 Å². The van der Waals surface area contributed by atoms with E-state index >= 15 is 0 Å². The number of aromatic nitrogens is 1. The minimum atomic E-state index is -0.281. The first-order valence-corrected chi connectivity index (χ1v) is 6.04. The quantitative estimate of drug-likeness (QED) is 0.800. The molecule has 0 bridgehead atoms. The van der Waals surface area contributed by atoms with Crippen LogP contribution in [0.1, 0.15) is 51.8 Å².